The molecule has 0 unspecified atom stereocenters. The molecule has 0 fully saturated rings. The van der Waals surface area contributed by atoms with Crippen LogP contribution in [0.1, 0.15) is 11.9 Å². The lowest BCUT2D eigenvalue weighted by atomic mass is 10.1. The van der Waals surface area contributed by atoms with Crippen molar-refractivity contribution < 1.29 is 0 Å². The van der Waals surface area contributed by atoms with Gasteiger partial charge in [-0.3, -0.25) is 0 Å². The molecule has 0 spiro atoms. The molecule has 0 aliphatic carbocycles. The number of rotatable bonds is 4. The van der Waals surface area contributed by atoms with Crippen LogP contribution in [0.2, 0.25) is 0 Å². The summed E-state index contributed by atoms with van der Waals surface area (Å²) in [6.45, 7) is 2.12. The van der Waals surface area contributed by atoms with Crippen molar-refractivity contribution in [2.45, 2.75) is 13.3 Å². The zero-order valence-corrected chi connectivity index (χ0v) is 13.9. The van der Waals surface area contributed by atoms with Crippen LogP contribution in [0, 0.1) is 0 Å². The van der Waals surface area contributed by atoms with Crippen molar-refractivity contribution in [1.82, 2.24) is 9.97 Å². The summed E-state index contributed by atoms with van der Waals surface area (Å²) < 4.78 is 1.05. The minimum absolute atomic E-state index is 0.833. The van der Waals surface area contributed by atoms with Gasteiger partial charge >= 0.3 is 0 Å². The van der Waals surface area contributed by atoms with Crippen molar-refractivity contribution in [2.75, 3.05) is 5.32 Å². The van der Waals surface area contributed by atoms with Gasteiger partial charge in [-0.25, -0.2) is 9.97 Å². The van der Waals surface area contributed by atoms with E-state index >= 15 is 0 Å². The number of thiazole rings is 1. The van der Waals surface area contributed by atoms with E-state index in [9.17, 15) is 0 Å². The van der Waals surface area contributed by atoms with Gasteiger partial charge in [0.05, 0.1) is 5.01 Å². The predicted octanol–water partition coefficient (Wildman–Crippen LogP) is 5.27. The largest absolute Gasteiger partial charge is 0.330 e. The van der Waals surface area contributed by atoms with Gasteiger partial charge in [-0.15, -0.1) is 11.3 Å². The van der Waals surface area contributed by atoms with E-state index in [4.69, 9.17) is 4.98 Å². The fourth-order valence-electron chi connectivity index (χ4n) is 1.98. The van der Waals surface area contributed by atoms with Crippen molar-refractivity contribution in [1.29, 1.82) is 0 Å². The zero-order valence-electron chi connectivity index (χ0n) is 11.5. The summed E-state index contributed by atoms with van der Waals surface area (Å²) in [6.07, 6.45) is 2.71. The molecule has 0 atom stereocenters. The highest BCUT2D eigenvalue weighted by Crippen LogP contribution is 2.36. The second-order valence-corrected chi connectivity index (χ2v) is 6.49. The average Bonchev–Trinajstić information content (AvgIpc) is 2.91. The lowest BCUT2D eigenvalue weighted by molar-refractivity contribution is 1.10. The molecule has 0 amide bonds. The molecule has 0 radical (unpaired) electrons. The van der Waals surface area contributed by atoms with Crippen molar-refractivity contribution in [3.8, 4) is 11.3 Å². The fourth-order valence-corrected chi connectivity index (χ4v) is 3.32. The van der Waals surface area contributed by atoms with Crippen LogP contribution in [-0.4, -0.2) is 9.97 Å². The first kappa shape index (κ1) is 14.2. The number of pyridine rings is 1. The Labute approximate surface area is 136 Å². The third kappa shape index (κ3) is 3.31. The SMILES string of the molecule is CCc1nc(-c2cccc(Br)c2)c(Nc2ccccn2)s1. The standard InChI is InChI=1S/C16H14BrN3S/c1-2-14-20-15(11-6-5-7-12(17)10-11)16(21-14)19-13-8-3-4-9-18-13/h3-10H,2H2,1H3,(H,18,19). The first-order valence-corrected chi connectivity index (χ1v) is 8.31. The van der Waals surface area contributed by atoms with E-state index in [1.54, 1.807) is 17.5 Å². The van der Waals surface area contributed by atoms with Crippen LogP contribution in [0.25, 0.3) is 11.3 Å². The van der Waals surface area contributed by atoms with Gasteiger partial charge in [0.1, 0.15) is 16.5 Å². The lowest BCUT2D eigenvalue weighted by Gasteiger charge is -2.05. The number of aryl methyl sites for hydroxylation is 1. The van der Waals surface area contributed by atoms with Gasteiger partial charge in [-0.05, 0) is 30.7 Å². The zero-order chi connectivity index (χ0) is 14.7. The molecule has 0 saturated carbocycles. The maximum absolute atomic E-state index is 4.74. The molecule has 0 bridgehead atoms. The average molecular weight is 360 g/mol. The Morgan fingerprint density at radius 1 is 1.19 bits per heavy atom. The Balaban J connectivity index is 2.02. The summed E-state index contributed by atoms with van der Waals surface area (Å²) in [5.74, 6) is 0.833. The maximum Gasteiger partial charge on any atom is 0.130 e. The minimum Gasteiger partial charge on any atom is -0.330 e. The van der Waals surface area contributed by atoms with Crippen LogP contribution in [-0.2, 0) is 6.42 Å². The van der Waals surface area contributed by atoms with Gasteiger partial charge in [0, 0.05) is 16.2 Å². The van der Waals surface area contributed by atoms with E-state index in [1.807, 2.05) is 30.3 Å². The quantitative estimate of drug-likeness (QED) is 0.688. The molecule has 1 aromatic carbocycles. The third-order valence-corrected chi connectivity index (χ3v) is 4.59. The lowest BCUT2D eigenvalue weighted by Crippen LogP contribution is -1.92. The molecule has 2 heterocycles. The van der Waals surface area contributed by atoms with E-state index < -0.39 is 0 Å². The highest BCUT2D eigenvalue weighted by Gasteiger charge is 2.13. The summed E-state index contributed by atoms with van der Waals surface area (Å²) in [6, 6.07) is 14.0. The number of aromatic nitrogens is 2. The van der Waals surface area contributed by atoms with Gasteiger partial charge in [0.2, 0.25) is 0 Å². The van der Waals surface area contributed by atoms with Crippen LogP contribution < -0.4 is 5.32 Å². The number of anilines is 2. The van der Waals surface area contributed by atoms with E-state index in [0.29, 0.717) is 0 Å². The summed E-state index contributed by atoms with van der Waals surface area (Å²) in [5, 5.41) is 5.52. The Morgan fingerprint density at radius 2 is 2.10 bits per heavy atom. The maximum atomic E-state index is 4.74. The molecule has 3 nitrogen and oxygen atoms in total. The molecule has 21 heavy (non-hydrogen) atoms. The minimum atomic E-state index is 0.833. The van der Waals surface area contributed by atoms with Gasteiger partial charge in [0.15, 0.2) is 0 Å². The van der Waals surface area contributed by atoms with Crippen molar-refractivity contribution >= 4 is 38.1 Å². The molecule has 106 valence electrons. The second kappa shape index (κ2) is 6.37. The highest BCUT2D eigenvalue weighted by molar-refractivity contribution is 9.10. The normalized spacial score (nSPS) is 10.6. The first-order valence-electron chi connectivity index (χ1n) is 6.70. The molecule has 0 saturated heterocycles. The van der Waals surface area contributed by atoms with Gasteiger partial charge in [0.25, 0.3) is 0 Å². The molecule has 0 aliphatic heterocycles. The highest BCUT2D eigenvalue weighted by atomic mass is 79.9. The predicted molar refractivity (Wildman–Crippen MR) is 92.1 cm³/mol. The van der Waals surface area contributed by atoms with Gasteiger partial charge in [-0.2, -0.15) is 0 Å². The molecular weight excluding hydrogens is 346 g/mol. The second-order valence-electron chi connectivity index (χ2n) is 4.49. The number of nitrogens with zero attached hydrogens (tertiary/aromatic N) is 2. The van der Waals surface area contributed by atoms with E-state index in [2.05, 4.69) is 45.3 Å². The summed E-state index contributed by atoms with van der Waals surface area (Å²) in [4.78, 5) is 9.06. The Hall–Kier alpha value is -1.72. The smallest absolute Gasteiger partial charge is 0.130 e. The fraction of sp³-hybridized carbons (Fsp3) is 0.125. The molecule has 3 rings (SSSR count). The van der Waals surface area contributed by atoms with Crippen LogP contribution in [0.5, 0.6) is 0 Å². The monoisotopic (exact) mass is 359 g/mol. The molecule has 0 aliphatic rings. The number of halogens is 1. The third-order valence-electron chi connectivity index (χ3n) is 2.98. The number of nitrogens with one attached hydrogen (secondary N) is 1. The molecular formula is C16H14BrN3S. The molecule has 3 aromatic rings. The molecule has 2 aromatic heterocycles. The number of benzene rings is 1. The number of hydrogen-bond donors (Lipinski definition) is 1. The first-order chi connectivity index (χ1) is 10.3. The van der Waals surface area contributed by atoms with E-state index in [0.717, 1.165) is 38.0 Å². The van der Waals surface area contributed by atoms with Gasteiger partial charge < -0.3 is 5.32 Å². The van der Waals surface area contributed by atoms with Crippen LogP contribution in [0.3, 0.4) is 0 Å². The van der Waals surface area contributed by atoms with E-state index in [-0.39, 0.29) is 0 Å². The topological polar surface area (TPSA) is 37.8 Å². The van der Waals surface area contributed by atoms with Crippen molar-refractivity contribution in [3.05, 3.63) is 58.1 Å². The Bertz CT molecular complexity index is 740. The summed E-state index contributed by atoms with van der Waals surface area (Å²) in [7, 11) is 0. The Morgan fingerprint density at radius 3 is 2.81 bits per heavy atom. The van der Waals surface area contributed by atoms with Gasteiger partial charge in [-0.1, -0.05) is 41.1 Å². The van der Waals surface area contributed by atoms with Crippen molar-refractivity contribution in [2.24, 2.45) is 0 Å². The summed E-state index contributed by atoms with van der Waals surface area (Å²) in [5.41, 5.74) is 2.07. The van der Waals surface area contributed by atoms with Crippen molar-refractivity contribution in [3.63, 3.8) is 0 Å². The van der Waals surface area contributed by atoms with E-state index in [1.165, 1.54) is 0 Å². The van der Waals surface area contributed by atoms with Crippen LogP contribution in [0.15, 0.2) is 53.1 Å². The Kier molecular flexibility index (Phi) is 4.31. The molecule has 5 heteroatoms. The van der Waals surface area contributed by atoms with Crippen LogP contribution >= 0.6 is 27.3 Å². The molecule has 1 N–H and O–H groups in total. The number of hydrogen-bond acceptors (Lipinski definition) is 4. The summed E-state index contributed by atoms with van der Waals surface area (Å²) >= 11 is 5.20. The van der Waals surface area contributed by atoms with Crippen LogP contribution in [0.4, 0.5) is 10.8 Å².